The van der Waals surface area contributed by atoms with Crippen LogP contribution in [0.15, 0.2) is 12.4 Å². The number of halogens is 1. The number of nitrogens with two attached hydrogens (primary N) is 1. The zero-order chi connectivity index (χ0) is 10.1. The SMILES string of the molecule is CC(C)n1cc(NS(N)(=O)=O)cn1.Cl. The minimum absolute atomic E-state index is 0. The zero-order valence-corrected chi connectivity index (χ0v) is 9.47. The highest BCUT2D eigenvalue weighted by Crippen LogP contribution is 2.09. The first-order valence-electron chi connectivity index (χ1n) is 3.73. The normalized spacial score (nSPS) is 11.1. The van der Waals surface area contributed by atoms with Gasteiger partial charge >= 0.3 is 0 Å². The number of rotatable bonds is 3. The van der Waals surface area contributed by atoms with Gasteiger partial charge in [-0.25, -0.2) is 5.14 Å². The van der Waals surface area contributed by atoms with E-state index >= 15 is 0 Å². The minimum Gasteiger partial charge on any atom is -0.268 e. The Balaban J connectivity index is 0.00000169. The Morgan fingerprint density at radius 2 is 2.14 bits per heavy atom. The summed E-state index contributed by atoms with van der Waals surface area (Å²) < 4.78 is 25.0. The first-order chi connectivity index (χ1) is 5.88. The number of aromatic nitrogens is 2. The van der Waals surface area contributed by atoms with Crippen molar-refractivity contribution in [2.75, 3.05) is 4.72 Å². The molecule has 0 aliphatic carbocycles. The topological polar surface area (TPSA) is 90.0 Å². The molecule has 1 aromatic rings. The van der Waals surface area contributed by atoms with E-state index in [-0.39, 0.29) is 18.4 Å². The molecular formula is C6H13ClN4O2S. The monoisotopic (exact) mass is 240 g/mol. The predicted molar refractivity (Wildman–Crippen MR) is 56.6 cm³/mol. The van der Waals surface area contributed by atoms with Crippen LogP contribution in [0.2, 0.25) is 0 Å². The molecule has 0 radical (unpaired) electrons. The maximum atomic E-state index is 10.6. The largest absolute Gasteiger partial charge is 0.296 e. The molecule has 0 atom stereocenters. The van der Waals surface area contributed by atoms with Crippen molar-refractivity contribution in [3.8, 4) is 0 Å². The van der Waals surface area contributed by atoms with E-state index in [4.69, 9.17) is 5.14 Å². The maximum absolute atomic E-state index is 10.6. The summed E-state index contributed by atoms with van der Waals surface area (Å²) in [5.41, 5.74) is 0.371. The molecule has 0 spiro atoms. The van der Waals surface area contributed by atoms with Crippen molar-refractivity contribution in [2.45, 2.75) is 19.9 Å². The predicted octanol–water partition coefficient (Wildman–Crippen LogP) is 0.501. The van der Waals surface area contributed by atoms with Crippen LogP contribution in [0, 0.1) is 0 Å². The number of nitrogens with zero attached hydrogens (tertiary/aromatic N) is 2. The third-order valence-electron chi connectivity index (χ3n) is 1.39. The van der Waals surface area contributed by atoms with E-state index in [0.29, 0.717) is 5.69 Å². The molecule has 0 aliphatic rings. The highest BCUT2D eigenvalue weighted by Gasteiger charge is 2.05. The lowest BCUT2D eigenvalue weighted by Crippen LogP contribution is -2.21. The summed E-state index contributed by atoms with van der Waals surface area (Å²) >= 11 is 0. The average molecular weight is 241 g/mol. The second-order valence-corrected chi connectivity index (χ2v) is 4.24. The molecule has 1 rings (SSSR count). The second kappa shape index (κ2) is 4.63. The fourth-order valence-corrected chi connectivity index (χ4v) is 1.27. The third-order valence-corrected chi connectivity index (χ3v) is 1.91. The van der Waals surface area contributed by atoms with Crippen molar-refractivity contribution < 1.29 is 8.42 Å². The number of hydrogen-bond donors (Lipinski definition) is 2. The van der Waals surface area contributed by atoms with Gasteiger partial charge in [0.25, 0.3) is 10.2 Å². The number of anilines is 1. The van der Waals surface area contributed by atoms with Crippen LogP contribution < -0.4 is 9.86 Å². The fraction of sp³-hybridized carbons (Fsp3) is 0.500. The fourth-order valence-electron chi connectivity index (χ4n) is 0.837. The molecule has 8 heteroatoms. The molecule has 1 aromatic heterocycles. The van der Waals surface area contributed by atoms with Gasteiger partial charge in [-0.3, -0.25) is 9.40 Å². The second-order valence-electron chi connectivity index (χ2n) is 2.95. The first kappa shape index (κ1) is 13.2. The Morgan fingerprint density at radius 3 is 2.50 bits per heavy atom. The van der Waals surface area contributed by atoms with Gasteiger partial charge in [0.05, 0.1) is 11.9 Å². The van der Waals surface area contributed by atoms with Gasteiger partial charge in [0.1, 0.15) is 0 Å². The summed E-state index contributed by atoms with van der Waals surface area (Å²) in [6.07, 6.45) is 2.99. The van der Waals surface area contributed by atoms with Gasteiger partial charge in [-0.05, 0) is 13.8 Å². The lowest BCUT2D eigenvalue weighted by molar-refractivity contribution is 0.532. The Morgan fingerprint density at radius 1 is 1.57 bits per heavy atom. The molecule has 0 saturated heterocycles. The third kappa shape index (κ3) is 3.95. The Hall–Kier alpha value is -0.790. The maximum Gasteiger partial charge on any atom is 0.296 e. The van der Waals surface area contributed by atoms with Gasteiger partial charge in [0, 0.05) is 12.2 Å². The molecule has 3 N–H and O–H groups in total. The van der Waals surface area contributed by atoms with E-state index in [1.54, 1.807) is 10.9 Å². The lowest BCUT2D eigenvalue weighted by Gasteiger charge is -2.03. The highest BCUT2D eigenvalue weighted by molar-refractivity contribution is 7.90. The van der Waals surface area contributed by atoms with Gasteiger partial charge in [-0.1, -0.05) is 0 Å². The molecule has 0 saturated carbocycles. The van der Waals surface area contributed by atoms with Gasteiger partial charge in [0.2, 0.25) is 0 Å². The summed E-state index contributed by atoms with van der Waals surface area (Å²) in [5, 5.41) is 8.71. The zero-order valence-electron chi connectivity index (χ0n) is 7.84. The van der Waals surface area contributed by atoms with Crippen LogP contribution in [0.5, 0.6) is 0 Å². The van der Waals surface area contributed by atoms with Crippen molar-refractivity contribution in [1.82, 2.24) is 9.78 Å². The summed E-state index contributed by atoms with van der Waals surface area (Å²) in [6.45, 7) is 3.88. The van der Waals surface area contributed by atoms with Crippen molar-refractivity contribution in [3.05, 3.63) is 12.4 Å². The number of hydrogen-bond acceptors (Lipinski definition) is 3. The van der Waals surface area contributed by atoms with Crippen molar-refractivity contribution in [2.24, 2.45) is 5.14 Å². The molecule has 0 aromatic carbocycles. The molecule has 6 nitrogen and oxygen atoms in total. The summed E-state index contributed by atoms with van der Waals surface area (Å²) in [5.74, 6) is 0. The minimum atomic E-state index is -3.69. The first-order valence-corrected chi connectivity index (χ1v) is 5.28. The molecule has 14 heavy (non-hydrogen) atoms. The standard InChI is InChI=1S/C6H12N4O2S.ClH/c1-5(2)10-4-6(3-8-10)9-13(7,11)12;/h3-5,9H,1-2H3,(H2,7,11,12);1H. The van der Waals surface area contributed by atoms with E-state index in [0.717, 1.165) is 0 Å². The van der Waals surface area contributed by atoms with Gasteiger partial charge in [0.15, 0.2) is 0 Å². The smallest absolute Gasteiger partial charge is 0.268 e. The van der Waals surface area contributed by atoms with Gasteiger partial charge in [-0.15, -0.1) is 12.4 Å². The molecule has 0 unspecified atom stereocenters. The van der Waals surface area contributed by atoms with Crippen LogP contribution in [0.4, 0.5) is 5.69 Å². The Kier molecular flexibility index (Phi) is 4.37. The van der Waals surface area contributed by atoms with E-state index < -0.39 is 10.2 Å². The van der Waals surface area contributed by atoms with Gasteiger partial charge in [-0.2, -0.15) is 13.5 Å². The molecule has 1 heterocycles. The van der Waals surface area contributed by atoms with Crippen LogP contribution in [0.25, 0.3) is 0 Å². The summed E-state index contributed by atoms with van der Waals surface area (Å²) in [4.78, 5) is 0. The average Bonchev–Trinajstić information content (AvgIpc) is 2.31. The molecule has 0 fully saturated rings. The van der Waals surface area contributed by atoms with Crippen LogP contribution in [-0.4, -0.2) is 18.2 Å². The van der Waals surface area contributed by atoms with E-state index in [1.165, 1.54) is 6.20 Å². The van der Waals surface area contributed by atoms with Crippen molar-refractivity contribution in [1.29, 1.82) is 0 Å². The highest BCUT2D eigenvalue weighted by atomic mass is 35.5. The molecular weight excluding hydrogens is 228 g/mol. The Labute approximate surface area is 89.1 Å². The van der Waals surface area contributed by atoms with Crippen LogP contribution in [-0.2, 0) is 10.2 Å². The summed E-state index contributed by atoms with van der Waals surface area (Å²) in [6, 6.07) is 0.191. The lowest BCUT2D eigenvalue weighted by atomic mass is 10.4. The van der Waals surface area contributed by atoms with E-state index in [1.807, 2.05) is 13.8 Å². The Bertz CT molecular complexity index is 386. The van der Waals surface area contributed by atoms with Gasteiger partial charge < -0.3 is 0 Å². The van der Waals surface area contributed by atoms with E-state index in [2.05, 4.69) is 9.82 Å². The van der Waals surface area contributed by atoms with Crippen molar-refractivity contribution >= 4 is 28.3 Å². The van der Waals surface area contributed by atoms with Crippen LogP contribution in [0.3, 0.4) is 0 Å². The van der Waals surface area contributed by atoms with E-state index in [9.17, 15) is 8.42 Å². The molecule has 0 aliphatic heterocycles. The molecule has 0 bridgehead atoms. The van der Waals surface area contributed by atoms with Crippen LogP contribution >= 0.6 is 12.4 Å². The summed E-state index contributed by atoms with van der Waals surface area (Å²) in [7, 11) is -3.69. The molecule has 82 valence electrons. The quantitative estimate of drug-likeness (QED) is 0.806. The number of nitrogens with one attached hydrogen (secondary N) is 1. The van der Waals surface area contributed by atoms with Crippen molar-refractivity contribution in [3.63, 3.8) is 0 Å². The van der Waals surface area contributed by atoms with Crippen LogP contribution in [0.1, 0.15) is 19.9 Å². The molecule has 0 amide bonds.